The van der Waals surface area contributed by atoms with Crippen molar-refractivity contribution in [3.05, 3.63) is 11.8 Å². The van der Waals surface area contributed by atoms with E-state index in [1.54, 1.807) is 0 Å². The SMILES string of the molecule is OCC[N+]1=C=C=CCC1. The van der Waals surface area contributed by atoms with Crippen LogP contribution in [0.1, 0.15) is 6.42 Å². The summed E-state index contributed by atoms with van der Waals surface area (Å²) >= 11 is 0. The molecule has 2 nitrogen and oxygen atoms in total. The van der Waals surface area contributed by atoms with Gasteiger partial charge in [0.1, 0.15) is 6.61 Å². The summed E-state index contributed by atoms with van der Waals surface area (Å²) in [6.07, 6.45) is 2.97. The molecule has 0 aromatic carbocycles. The Morgan fingerprint density at radius 1 is 1.67 bits per heavy atom. The number of β-amino-alcohol motifs (C(OH)–C–C–N with tert-alkyl or cyclic N) is 1. The molecule has 0 saturated carbocycles. The fourth-order valence-electron chi connectivity index (χ4n) is 0.774. The van der Waals surface area contributed by atoms with Crippen LogP contribution in [-0.4, -0.2) is 35.2 Å². The molecule has 0 unspecified atom stereocenters. The maximum absolute atomic E-state index is 8.50. The molecule has 0 aliphatic carbocycles. The number of aliphatic hydroxyl groups is 1. The smallest absolute Gasteiger partial charge is 0.221 e. The average Bonchev–Trinajstić information content (AvgIpc) is 1.91. The second-order valence-corrected chi connectivity index (χ2v) is 1.96. The van der Waals surface area contributed by atoms with Crippen LogP contribution in [0.3, 0.4) is 0 Å². The first-order valence-electron chi connectivity index (χ1n) is 3.12. The van der Waals surface area contributed by atoms with E-state index >= 15 is 0 Å². The van der Waals surface area contributed by atoms with Crippen LogP contribution >= 0.6 is 0 Å². The van der Waals surface area contributed by atoms with E-state index in [4.69, 9.17) is 5.11 Å². The van der Waals surface area contributed by atoms with E-state index in [9.17, 15) is 0 Å². The molecule has 9 heavy (non-hydrogen) atoms. The van der Waals surface area contributed by atoms with E-state index in [2.05, 4.69) is 11.6 Å². The molecule has 0 atom stereocenters. The summed E-state index contributed by atoms with van der Waals surface area (Å²) < 4.78 is 1.93. The Morgan fingerprint density at radius 3 is 3.11 bits per heavy atom. The van der Waals surface area contributed by atoms with Gasteiger partial charge in [-0.25, -0.2) is 0 Å². The Hall–Kier alpha value is -0.810. The topological polar surface area (TPSA) is 23.2 Å². The predicted octanol–water partition coefficient (Wildman–Crippen LogP) is -0.224. The van der Waals surface area contributed by atoms with Gasteiger partial charge < -0.3 is 5.11 Å². The van der Waals surface area contributed by atoms with E-state index in [1.165, 1.54) is 0 Å². The molecule has 0 aromatic rings. The van der Waals surface area contributed by atoms with E-state index in [-0.39, 0.29) is 6.61 Å². The molecule has 1 aliphatic rings. The number of hydrogen-bond acceptors (Lipinski definition) is 1. The Labute approximate surface area is 54.4 Å². The van der Waals surface area contributed by atoms with E-state index in [0.29, 0.717) is 6.54 Å². The summed E-state index contributed by atoms with van der Waals surface area (Å²) in [4.78, 5) is 0. The van der Waals surface area contributed by atoms with Gasteiger partial charge in [0, 0.05) is 6.42 Å². The number of rotatable bonds is 2. The fraction of sp³-hybridized carbons (Fsp3) is 0.571. The van der Waals surface area contributed by atoms with Crippen molar-refractivity contribution in [1.82, 2.24) is 0 Å². The highest BCUT2D eigenvalue weighted by atomic mass is 16.3. The van der Waals surface area contributed by atoms with Crippen LogP contribution in [0.4, 0.5) is 0 Å². The maximum atomic E-state index is 8.50. The second-order valence-electron chi connectivity index (χ2n) is 1.96. The fourth-order valence-corrected chi connectivity index (χ4v) is 0.774. The molecule has 1 heterocycles. The van der Waals surface area contributed by atoms with Crippen molar-refractivity contribution in [2.24, 2.45) is 0 Å². The lowest BCUT2D eigenvalue weighted by Crippen LogP contribution is -2.17. The molecule has 0 radical (unpaired) electrons. The number of aliphatic hydroxyl groups excluding tert-OH is 1. The Morgan fingerprint density at radius 2 is 2.56 bits per heavy atom. The van der Waals surface area contributed by atoms with Crippen LogP contribution in [0.15, 0.2) is 11.8 Å². The third kappa shape index (κ3) is 1.87. The molecule has 0 bridgehead atoms. The van der Waals surface area contributed by atoms with Gasteiger partial charge in [-0.15, -0.1) is 0 Å². The average molecular weight is 124 g/mol. The van der Waals surface area contributed by atoms with Gasteiger partial charge in [0.15, 0.2) is 13.1 Å². The van der Waals surface area contributed by atoms with Gasteiger partial charge in [-0.1, -0.05) is 0 Å². The Balaban J connectivity index is 2.59. The molecule has 0 spiro atoms. The summed E-state index contributed by atoms with van der Waals surface area (Å²) in [5.74, 6) is 2.89. The molecule has 0 amide bonds. The summed E-state index contributed by atoms with van der Waals surface area (Å²) in [5.41, 5.74) is 2.86. The highest BCUT2D eigenvalue weighted by Crippen LogP contribution is 1.85. The third-order valence-corrected chi connectivity index (χ3v) is 1.24. The molecule has 0 saturated heterocycles. The zero-order chi connectivity index (χ0) is 6.53. The predicted molar refractivity (Wildman–Crippen MR) is 34.8 cm³/mol. The summed E-state index contributed by atoms with van der Waals surface area (Å²) in [5, 5.41) is 8.50. The molecule has 0 fully saturated rings. The first kappa shape index (κ1) is 6.31. The van der Waals surface area contributed by atoms with Gasteiger partial charge in [-0.05, 0) is 11.8 Å². The maximum Gasteiger partial charge on any atom is 0.221 e. The molecule has 48 valence electrons. The van der Waals surface area contributed by atoms with Crippen molar-refractivity contribution in [2.45, 2.75) is 6.42 Å². The monoisotopic (exact) mass is 124 g/mol. The highest BCUT2D eigenvalue weighted by Gasteiger charge is 2.01. The second kappa shape index (κ2) is 3.26. The van der Waals surface area contributed by atoms with E-state index in [0.717, 1.165) is 13.0 Å². The molecule has 2 heteroatoms. The summed E-state index contributed by atoms with van der Waals surface area (Å²) in [7, 11) is 0. The lowest BCUT2D eigenvalue weighted by atomic mass is 10.3. The van der Waals surface area contributed by atoms with Crippen LogP contribution in [-0.2, 0) is 0 Å². The molecule has 0 aromatic heterocycles. The molecular formula is C7H10NO+. The third-order valence-electron chi connectivity index (χ3n) is 1.24. The molecule has 1 aliphatic heterocycles. The van der Waals surface area contributed by atoms with Gasteiger partial charge in [-0.2, -0.15) is 4.58 Å². The normalized spacial score (nSPS) is 15.9. The summed E-state index contributed by atoms with van der Waals surface area (Å²) in [6, 6.07) is 0. The molecule has 1 N–H and O–H groups in total. The van der Waals surface area contributed by atoms with E-state index < -0.39 is 0 Å². The van der Waals surface area contributed by atoms with Gasteiger partial charge >= 0.3 is 0 Å². The van der Waals surface area contributed by atoms with Crippen LogP contribution in [0, 0.1) is 0 Å². The Bertz CT molecular complexity index is 183. The quantitative estimate of drug-likeness (QED) is 0.399. The van der Waals surface area contributed by atoms with Crippen LogP contribution < -0.4 is 0 Å². The minimum atomic E-state index is 0.203. The molecular weight excluding hydrogens is 114 g/mol. The minimum absolute atomic E-state index is 0.203. The van der Waals surface area contributed by atoms with Crippen molar-refractivity contribution in [1.29, 1.82) is 0 Å². The van der Waals surface area contributed by atoms with Crippen molar-refractivity contribution < 1.29 is 9.68 Å². The first-order valence-corrected chi connectivity index (χ1v) is 3.12. The van der Waals surface area contributed by atoms with Crippen molar-refractivity contribution in [3.63, 3.8) is 0 Å². The van der Waals surface area contributed by atoms with Crippen molar-refractivity contribution in [3.8, 4) is 0 Å². The van der Waals surface area contributed by atoms with Crippen molar-refractivity contribution in [2.75, 3.05) is 19.7 Å². The standard InChI is InChI=1S/C7H10NO/c9-7-6-8-4-2-1-3-5-8/h1,9H,2,4,6-7H2/q+1. The zero-order valence-corrected chi connectivity index (χ0v) is 5.30. The molecule has 1 rings (SSSR count). The lowest BCUT2D eigenvalue weighted by Gasteiger charge is -1.95. The summed E-state index contributed by atoms with van der Waals surface area (Å²) in [6.45, 7) is 1.85. The van der Waals surface area contributed by atoms with Crippen LogP contribution in [0.25, 0.3) is 0 Å². The highest BCUT2D eigenvalue weighted by molar-refractivity contribution is 5.45. The van der Waals surface area contributed by atoms with Gasteiger partial charge in [0.05, 0.1) is 0 Å². The number of nitrogens with zero attached hydrogens (tertiary/aromatic N) is 1. The van der Waals surface area contributed by atoms with E-state index in [1.807, 2.05) is 10.7 Å². The van der Waals surface area contributed by atoms with Gasteiger partial charge in [-0.3, -0.25) is 0 Å². The largest absolute Gasteiger partial charge is 0.390 e. The van der Waals surface area contributed by atoms with Crippen molar-refractivity contribution >= 4 is 5.87 Å². The Kier molecular flexibility index (Phi) is 2.29. The van der Waals surface area contributed by atoms with Crippen LogP contribution in [0.2, 0.25) is 0 Å². The lowest BCUT2D eigenvalue weighted by molar-refractivity contribution is -0.523. The van der Waals surface area contributed by atoms with Crippen LogP contribution in [0.5, 0.6) is 0 Å². The zero-order valence-electron chi connectivity index (χ0n) is 5.30. The number of hydrogen-bond donors (Lipinski definition) is 1. The van der Waals surface area contributed by atoms with Gasteiger partial charge in [0.25, 0.3) is 0 Å². The first-order chi connectivity index (χ1) is 4.43. The van der Waals surface area contributed by atoms with Gasteiger partial charge in [0.2, 0.25) is 5.87 Å². The minimum Gasteiger partial charge on any atom is -0.390 e.